The number of allylic oxidation sites excluding steroid dienone is 6. The van der Waals surface area contributed by atoms with Crippen molar-refractivity contribution in [1.82, 2.24) is 0 Å². The zero-order chi connectivity index (χ0) is 34.7. The minimum absolute atomic E-state index is 0.000401. The summed E-state index contributed by atoms with van der Waals surface area (Å²) in [5.74, 6) is -0.485. The summed E-state index contributed by atoms with van der Waals surface area (Å²) in [5, 5.41) is 42.1. The third-order valence-corrected chi connectivity index (χ3v) is 9.32. The maximum atomic E-state index is 13.1. The van der Waals surface area contributed by atoms with E-state index in [1.54, 1.807) is 38.5 Å². The lowest BCUT2D eigenvalue weighted by atomic mass is 9.76. The molecule has 2 unspecified atom stereocenters. The van der Waals surface area contributed by atoms with Gasteiger partial charge in [0.15, 0.2) is 11.6 Å². The molecule has 0 spiro atoms. The van der Waals surface area contributed by atoms with E-state index < -0.39 is 11.8 Å². The van der Waals surface area contributed by atoms with E-state index in [1.807, 2.05) is 60.7 Å². The first-order valence-electron chi connectivity index (χ1n) is 15.8. The number of rotatable bonds is 8. The lowest BCUT2D eigenvalue weighted by Gasteiger charge is -2.26. The molecule has 0 heterocycles. The number of carbonyl (C=O) groups excluding carboxylic acids is 2. The van der Waals surface area contributed by atoms with Crippen molar-refractivity contribution in [2.45, 2.75) is 31.1 Å². The minimum atomic E-state index is -0.594. The summed E-state index contributed by atoms with van der Waals surface area (Å²) in [7, 11) is 3.16. The molecule has 6 rings (SSSR count). The SMILES string of the molecule is COc1ccc(C2=CC(=O)/C(=C\O)C(c3cc(Cc4ccc(O)c(C5CC(c6ccc(OC)cc6)=CC(=O)/C5=C\O)c4)ccc3O)C2)cc1. The average Bonchev–Trinajstić information content (AvgIpc) is 3.12. The second-order valence-electron chi connectivity index (χ2n) is 12.2. The number of aromatic hydroxyl groups is 2. The van der Waals surface area contributed by atoms with E-state index in [9.17, 15) is 30.0 Å². The first-order chi connectivity index (χ1) is 23.7. The number of ketones is 2. The fourth-order valence-electron chi connectivity index (χ4n) is 6.70. The highest BCUT2D eigenvalue weighted by Gasteiger charge is 2.32. The summed E-state index contributed by atoms with van der Waals surface area (Å²) in [6.45, 7) is 0. The number of benzene rings is 4. The second-order valence-corrected chi connectivity index (χ2v) is 12.2. The van der Waals surface area contributed by atoms with Crippen LogP contribution in [0.15, 0.2) is 121 Å². The minimum Gasteiger partial charge on any atom is -0.515 e. The Balaban J connectivity index is 1.29. The molecule has 4 aromatic rings. The van der Waals surface area contributed by atoms with Gasteiger partial charge in [0.1, 0.15) is 23.0 Å². The second kappa shape index (κ2) is 14.0. The summed E-state index contributed by atoms with van der Waals surface area (Å²) in [5.41, 5.74) is 6.24. The highest BCUT2D eigenvalue weighted by Crippen LogP contribution is 2.45. The Kier molecular flexibility index (Phi) is 9.40. The molecule has 49 heavy (non-hydrogen) atoms. The van der Waals surface area contributed by atoms with Crippen LogP contribution in [0.5, 0.6) is 23.0 Å². The highest BCUT2D eigenvalue weighted by molar-refractivity contribution is 6.12. The van der Waals surface area contributed by atoms with Gasteiger partial charge in [0.25, 0.3) is 0 Å². The number of hydrogen-bond donors (Lipinski definition) is 4. The third-order valence-electron chi connectivity index (χ3n) is 9.32. The van der Waals surface area contributed by atoms with Gasteiger partial charge < -0.3 is 29.9 Å². The van der Waals surface area contributed by atoms with Crippen molar-refractivity contribution in [2.24, 2.45) is 0 Å². The Labute approximate surface area is 284 Å². The zero-order valence-corrected chi connectivity index (χ0v) is 27.1. The smallest absolute Gasteiger partial charge is 0.185 e. The van der Waals surface area contributed by atoms with Crippen LogP contribution in [-0.2, 0) is 16.0 Å². The summed E-state index contributed by atoms with van der Waals surface area (Å²) < 4.78 is 10.5. The molecule has 4 aromatic carbocycles. The van der Waals surface area contributed by atoms with Crippen molar-refractivity contribution in [3.63, 3.8) is 0 Å². The number of hydrogen-bond acceptors (Lipinski definition) is 8. The van der Waals surface area contributed by atoms with Crippen LogP contribution >= 0.6 is 0 Å². The zero-order valence-electron chi connectivity index (χ0n) is 27.1. The maximum absolute atomic E-state index is 13.1. The summed E-state index contributed by atoms with van der Waals surface area (Å²) in [6.07, 6.45) is 5.82. The molecule has 0 aromatic heterocycles. The van der Waals surface area contributed by atoms with Gasteiger partial charge in [-0.1, -0.05) is 48.5 Å². The van der Waals surface area contributed by atoms with Gasteiger partial charge in [0, 0.05) is 34.1 Å². The topological polar surface area (TPSA) is 134 Å². The van der Waals surface area contributed by atoms with Crippen molar-refractivity contribution >= 4 is 22.7 Å². The van der Waals surface area contributed by atoms with Crippen molar-refractivity contribution in [1.29, 1.82) is 0 Å². The number of phenolic OH excluding ortho intramolecular Hbond substituents is 2. The Morgan fingerprint density at radius 2 is 1.00 bits per heavy atom. The van der Waals surface area contributed by atoms with Gasteiger partial charge in [-0.05, 0) is 101 Å². The quantitative estimate of drug-likeness (QED) is 0.111. The van der Waals surface area contributed by atoms with E-state index in [0.29, 0.717) is 41.9 Å². The molecule has 0 fully saturated rings. The van der Waals surface area contributed by atoms with Gasteiger partial charge in [-0.15, -0.1) is 0 Å². The molecule has 2 atom stereocenters. The number of carbonyl (C=O) groups is 2. The predicted octanol–water partition coefficient (Wildman–Crippen LogP) is 7.87. The highest BCUT2D eigenvalue weighted by atomic mass is 16.5. The van der Waals surface area contributed by atoms with E-state index in [2.05, 4.69) is 0 Å². The van der Waals surface area contributed by atoms with Crippen molar-refractivity contribution in [3.05, 3.63) is 154 Å². The fraction of sp³-hybridized carbons (Fsp3) is 0.171. The van der Waals surface area contributed by atoms with Crippen LogP contribution in [0.3, 0.4) is 0 Å². The van der Waals surface area contributed by atoms with Crippen molar-refractivity contribution in [3.8, 4) is 23.0 Å². The summed E-state index contributed by atoms with van der Waals surface area (Å²) in [6, 6.07) is 25.1. The van der Waals surface area contributed by atoms with Gasteiger partial charge in [0.05, 0.1) is 26.7 Å². The summed E-state index contributed by atoms with van der Waals surface area (Å²) >= 11 is 0. The van der Waals surface area contributed by atoms with E-state index >= 15 is 0 Å². The predicted molar refractivity (Wildman–Crippen MR) is 187 cm³/mol. The number of methoxy groups -OCH3 is 2. The van der Waals surface area contributed by atoms with Crippen LogP contribution in [0.2, 0.25) is 0 Å². The molecular weight excluding hydrogens is 620 g/mol. The standard InChI is InChI=1S/C41H36O8/c1-48-30-9-5-26(6-10-30)28-18-32(36(22-42)40(46)20-28)34-16-24(3-13-38(34)44)15-25-4-14-39(45)35(17-25)33-19-29(21-41(47)37(33)23-43)27-7-11-31(49-2)12-8-27/h3-14,16-17,20-23,32-33,42-45H,15,18-19H2,1-2H3/b36-22-,37-23-. The Bertz CT molecular complexity index is 1880. The molecule has 0 radical (unpaired) electrons. The lowest BCUT2D eigenvalue weighted by molar-refractivity contribution is -0.112. The lowest BCUT2D eigenvalue weighted by Crippen LogP contribution is -2.17. The third kappa shape index (κ3) is 6.71. The number of aliphatic hydroxyl groups excluding tert-OH is 2. The van der Waals surface area contributed by atoms with Gasteiger partial charge in [-0.3, -0.25) is 9.59 Å². The molecule has 8 heteroatoms. The molecule has 2 aliphatic rings. The monoisotopic (exact) mass is 656 g/mol. The van der Waals surface area contributed by atoms with Crippen LogP contribution in [-0.4, -0.2) is 46.2 Å². The van der Waals surface area contributed by atoms with Crippen molar-refractivity contribution in [2.75, 3.05) is 14.2 Å². The molecule has 8 nitrogen and oxygen atoms in total. The Morgan fingerprint density at radius 3 is 1.35 bits per heavy atom. The van der Waals surface area contributed by atoms with Crippen LogP contribution < -0.4 is 9.47 Å². The van der Waals surface area contributed by atoms with E-state index in [0.717, 1.165) is 45.9 Å². The Hall–Kier alpha value is -6.02. The van der Waals surface area contributed by atoms with E-state index in [1.165, 1.54) is 12.2 Å². The largest absolute Gasteiger partial charge is 0.515 e. The first kappa shape index (κ1) is 32.9. The molecule has 0 aliphatic heterocycles. The maximum Gasteiger partial charge on any atom is 0.185 e. The molecule has 0 amide bonds. The van der Waals surface area contributed by atoms with Crippen LogP contribution in [0, 0.1) is 0 Å². The Morgan fingerprint density at radius 1 is 0.612 bits per heavy atom. The van der Waals surface area contributed by atoms with Gasteiger partial charge in [0.2, 0.25) is 0 Å². The van der Waals surface area contributed by atoms with Gasteiger partial charge >= 0.3 is 0 Å². The van der Waals surface area contributed by atoms with Crippen LogP contribution in [0.4, 0.5) is 0 Å². The molecule has 248 valence electrons. The average molecular weight is 657 g/mol. The van der Waals surface area contributed by atoms with E-state index in [4.69, 9.17) is 9.47 Å². The van der Waals surface area contributed by atoms with E-state index in [-0.39, 0.29) is 34.2 Å². The molecule has 0 saturated carbocycles. The number of ether oxygens (including phenoxy) is 2. The van der Waals surface area contributed by atoms with Gasteiger partial charge in [-0.2, -0.15) is 0 Å². The normalized spacial score (nSPS) is 19.5. The molecule has 0 saturated heterocycles. The number of phenols is 2. The fourth-order valence-corrected chi connectivity index (χ4v) is 6.70. The molecular formula is C41H36O8. The van der Waals surface area contributed by atoms with Crippen molar-refractivity contribution < 1.29 is 39.5 Å². The molecule has 4 N–H and O–H groups in total. The summed E-state index contributed by atoms with van der Waals surface area (Å²) in [4.78, 5) is 26.3. The van der Waals surface area contributed by atoms with Crippen LogP contribution in [0.1, 0.15) is 58.1 Å². The van der Waals surface area contributed by atoms with Crippen LogP contribution in [0.25, 0.3) is 11.1 Å². The van der Waals surface area contributed by atoms with Gasteiger partial charge in [-0.25, -0.2) is 0 Å². The first-order valence-corrected chi connectivity index (χ1v) is 15.8. The molecule has 0 bridgehead atoms. The number of aliphatic hydroxyl groups is 2. The molecule has 2 aliphatic carbocycles.